The Morgan fingerprint density at radius 2 is 1.84 bits per heavy atom. The maximum atomic E-state index is 12.8. The lowest BCUT2D eigenvalue weighted by Gasteiger charge is -2.31. The first-order valence-corrected chi connectivity index (χ1v) is 8.40. The molecular weight excluding hydrogens is 354 g/mol. The molecule has 0 unspecified atom stereocenters. The summed E-state index contributed by atoms with van der Waals surface area (Å²) in [7, 11) is 0. The van der Waals surface area contributed by atoms with Gasteiger partial charge in [0.2, 0.25) is 5.91 Å². The van der Waals surface area contributed by atoms with Gasteiger partial charge < -0.3 is 5.32 Å². The summed E-state index contributed by atoms with van der Waals surface area (Å²) in [5, 5.41) is 2.63. The molecule has 2 aromatic rings. The SMILES string of the molecule is Cc1ccc(N2C(=O)[C@@H](C=Nc3ccccc3S)C(=O)NC2=S)cc1. The second kappa shape index (κ2) is 7.16. The van der Waals surface area contributed by atoms with E-state index in [1.807, 2.05) is 31.2 Å². The van der Waals surface area contributed by atoms with Gasteiger partial charge in [0.05, 0.1) is 11.4 Å². The smallest absolute Gasteiger partial charge is 0.251 e. The normalized spacial score (nSPS) is 17.9. The van der Waals surface area contributed by atoms with Gasteiger partial charge in [-0.1, -0.05) is 29.8 Å². The summed E-state index contributed by atoms with van der Waals surface area (Å²) in [4.78, 5) is 31.2. The van der Waals surface area contributed by atoms with Gasteiger partial charge in [0, 0.05) is 11.1 Å². The second-order valence-electron chi connectivity index (χ2n) is 5.55. The average Bonchev–Trinajstić information content (AvgIpc) is 2.57. The zero-order valence-corrected chi connectivity index (χ0v) is 15.1. The molecule has 7 heteroatoms. The highest BCUT2D eigenvalue weighted by Gasteiger charge is 2.38. The van der Waals surface area contributed by atoms with Crippen molar-refractivity contribution < 1.29 is 9.59 Å². The fourth-order valence-electron chi connectivity index (χ4n) is 2.39. The predicted octanol–water partition coefficient (Wildman–Crippen LogP) is 3.05. The summed E-state index contributed by atoms with van der Waals surface area (Å²) in [6.07, 6.45) is 1.33. The maximum absolute atomic E-state index is 12.8. The van der Waals surface area contributed by atoms with Crippen LogP contribution in [-0.4, -0.2) is 23.1 Å². The van der Waals surface area contributed by atoms with Crippen LogP contribution in [0.4, 0.5) is 11.4 Å². The third-order valence-electron chi connectivity index (χ3n) is 3.74. The second-order valence-corrected chi connectivity index (χ2v) is 6.42. The van der Waals surface area contributed by atoms with Crippen LogP contribution in [0.15, 0.2) is 58.4 Å². The molecule has 0 spiro atoms. The van der Waals surface area contributed by atoms with Crippen molar-refractivity contribution in [3.05, 3.63) is 54.1 Å². The number of para-hydroxylation sites is 1. The van der Waals surface area contributed by atoms with Crippen LogP contribution in [0, 0.1) is 12.8 Å². The zero-order chi connectivity index (χ0) is 18.0. The van der Waals surface area contributed by atoms with Crippen LogP contribution in [0.5, 0.6) is 0 Å². The molecule has 3 rings (SSSR count). The highest BCUT2D eigenvalue weighted by atomic mass is 32.1. The van der Waals surface area contributed by atoms with E-state index in [0.29, 0.717) is 16.3 Å². The van der Waals surface area contributed by atoms with E-state index in [0.717, 1.165) is 5.56 Å². The number of carbonyl (C=O) groups is 2. The van der Waals surface area contributed by atoms with Gasteiger partial charge in [-0.25, -0.2) is 0 Å². The van der Waals surface area contributed by atoms with Gasteiger partial charge in [-0.3, -0.25) is 19.5 Å². The summed E-state index contributed by atoms with van der Waals surface area (Å²) in [5.74, 6) is -1.97. The molecule has 1 atom stereocenters. The largest absolute Gasteiger partial charge is 0.301 e. The number of carbonyl (C=O) groups excluding carboxylic acids is 2. The number of aliphatic imine (C=N–C) groups is 1. The van der Waals surface area contributed by atoms with E-state index >= 15 is 0 Å². The summed E-state index contributed by atoms with van der Waals surface area (Å²) in [6.45, 7) is 1.95. The Bertz CT molecular complexity index is 878. The van der Waals surface area contributed by atoms with E-state index in [4.69, 9.17) is 12.2 Å². The monoisotopic (exact) mass is 369 g/mol. The van der Waals surface area contributed by atoms with Crippen molar-refractivity contribution in [2.45, 2.75) is 11.8 Å². The molecular formula is C18H15N3O2S2. The molecule has 25 heavy (non-hydrogen) atoms. The number of hydrogen-bond acceptors (Lipinski definition) is 5. The first kappa shape index (κ1) is 17.3. The summed E-state index contributed by atoms with van der Waals surface area (Å²) >= 11 is 9.47. The molecule has 1 fully saturated rings. The molecule has 2 aromatic carbocycles. The van der Waals surface area contributed by atoms with E-state index in [2.05, 4.69) is 22.9 Å². The number of rotatable bonds is 3. The van der Waals surface area contributed by atoms with Crippen LogP contribution < -0.4 is 10.2 Å². The van der Waals surface area contributed by atoms with Crippen LogP contribution in [0.1, 0.15) is 5.56 Å². The first-order chi connectivity index (χ1) is 12.0. The van der Waals surface area contributed by atoms with Crippen LogP contribution in [0.25, 0.3) is 0 Å². The Hall–Kier alpha value is -2.51. The predicted molar refractivity (Wildman–Crippen MR) is 105 cm³/mol. The van der Waals surface area contributed by atoms with E-state index in [9.17, 15) is 9.59 Å². The van der Waals surface area contributed by atoms with Crippen molar-refractivity contribution in [1.29, 1.82) is 0 Å². The number of benzene rings is 2. The standard InChI is InChI=1S/C18H15N3O2S2/c1-11-6-8-12(9-7-11)21-17(23)13(16(22)20-18(21)25)10-19-14-4-2-3-5-15(14)24/h2-10,13,24H,1H3,(H,20,22,25)/t13-/m0/s1. The van der Waals surface area contributed by atoms with Gasteiger partial charge in [-0.05, 0) is 43.4 Å². The van der Waals surface area contributed by atoms with Crippen LogP contribution >= 0.6 is 24.8 Å². The minimum absolute atomic E-state index is 0.0677. The minimum Gasteiger partial charge on any atom is -0.301 e. The average molecular weight is 369 g/mol. The van der Waals surface area contributed by atoms with Crippen molar-refractivity contribution in [3.63, 3.8) is 0 Å². The Labute approximate surface area is 156 Å². The number of thiol groups is 1. The third-order valence-corrected chi connectivity index (χ3v) is 4.40. The zero-order valence-electron chi connectivity index (χ0n) is 13.3. The van der Waals surface area contributed by atoms with Gasteiger partial charge in [0.15, 0.2) is 11.0 Å². The van der Waals surface area contributed by atoms with E-state index in [1.165, 1.54) is 11.1 Å². The molecule has 0 aromatic heterocycles. The Morgan fingerprint density at radius 1 is 1.16 bits per heavy atom. The quantitative estimate of drug-likeness (QED) is 0.378. The Balaban J connectivity index is 1.90. The van der Waals surface area contributed by atoms with Crippen molar-refractivity contribution in [2.24, 2.45) is 10.9 Å². The van der Waals surface area contributed by atoms with Crippen molar-refractivity contribution in [1.82, 2.24) is 5.32 Å². The van der Waals surface area contributed by atoms with Crippen LogP contribution in [0.2, 0.25) is 0 Å². The van der Waals surface area contributed by atoms with Gasteiger partial charge in [0.1, 0.15) is 0 Å². The lowest BCUT2D eigenvalue weighted by Crippen LogP contribution is -2.58. The number of hydrogen-bond donors (Lipinski definition) is 2. The van der Waals surface area contributed by atoms with Crippen molar-refractivity contribution >= 4 is 59.4 Å². The highest BCUT2D eigenvalue weighted by molar-refractivity contribution is 7.80. The molecule has 5 nitrogen and oxygen atoms in total. The topological polar surface area (TPSA) is 61.8 Å². The fraction of sp³-hybridized carbons (Fsp3) is 0.111. The van der Waals surface area contributed by atoms with E-state index in [-0.39, 0.29) is 5.11 Å². The molecule has 0 radical (unpaired) electrons. The van der Waals surface area contributed by atoms with Gasteiger partial charge in [-0.2, -0.15) is 0 Å². The number of anilines is 1. The van der Waals surface area contributed by atoms with Crippen molar-refractivity contribution in [2.75, 3.05) is 4.90 Å². The van der Waals surface area contributed by atoms with Gasteiger partial charge in [-0.15, -0.1) is 12.6 Å². The molecule has 2 amide bonds. The summed E-state index contributed by atoms with van der Waals surface area (Å²) in [6, 6.07) is 14.5. The Morgan fingerprint density at radius 3 is 2.52 bits per heavy atom. The molecule has 1 aliphatic heterocycles. The molecule has 126 valence electrons. The lowest BCUT2D eigenvalue weighted by molar-refractivity contribution is -0.130. The molecule has 1 saturated heterocycles. The van der Waals surface area contributed by atoms with Crippen LogP contribution in [0.3, 0.4) is 0 Å². The summed E-state index contributed by atoms with van der Waals surface area (Å²) < 4.78 is 0. The molecule has 1 aliphatic rings. The lowest BCUT2D eigenvalue weighted by atomic mass is 10.1. The van der Waals surface area contributed by atoms with E-state index < -0.39 is 17.7 Å². The highest BCUT2D eigenvalue weighted by Crippen LogP contribution is 2.24. The number of nitrogens with one attached hydrogen (secondary N) is 1. The molecule has 1 N–H and O–H groups in total. The van der Waals surface area contributed by atoms with Gasteiger partial charge >= 0.3 is 0 Å². The Kier molecular flexibility index (Phi) is 4.96. The number of aryl methyl sites for hydroxylation is 1. The van der Waals surface area contributed by atoms with Crippen LogP contribution in [-0.2, 0) is 9.59 Å². The summed E-state index contributed by atoms with van der Waals surface area (Å²) in [5.41, 5.74) is 2.25. The number of thiocarbonyl (C=S) groups is 1. The third kappa shape index (κ3) is 3.62. The molecule has 0 bridgehead atoms. The van der Waals surface area contributed by atoms with E-state index in [1.54, 1.807) is 24.3 Å². The molecule has 0 saturated carbocycles. The van der Waals surface area contributed by atoms with Gasteiger partial charge in [0.25, 0.3) is 5.91 Å². The maximum Gasteiger partial charge on any atom is 0.251 e. The first-order valence-electron chi connectivity index (χ1n) is 7.55. The minimum atomic E-state index is -1.05. The number of amides is 2. The molecule has 1 heterocycles. The molecule has 0 aliphatic carbocycles. The van der Waals surface area contributed by atoms with Crippen molar-refractivity contribution in [3.8, 4) is 0 Å². The number of nitrogens with zero attached hydrogens (tertiary/aromatic N) is 2. The fourth-order valence-corrected chi connectivity index (χ4v) is 2.90.